The molecule has 0 aromatic heterocycles. The number of rotatable bonds is 2. The first kappa shape index (κ1) is 11.4. The molecule has 5 nitrogen and oxygen atoms in total. The number of hydrazone groups is 1. The van der Waals surface area contributed by atoms with Crippen LogP contribution in [0.25, 0.3) is 0 Å². The van der Waals surface area contributed by atoms with E-state index < -0.39 is 5.97 Å². The average molecular weight is 233 g/mol. The Morgan fingerprint density at radius 2 is 2.06 bits per heavy atom. The predicted octanol–water partition coefficient (Wildman–Crippen LogP) is 1.21. The van der Waals surface area contributed by atoms with E-state index in [1.165, 1.54) is 5.56 Å². The quantitative estimate of drug-likeness (QED) is 0.616. The number of carbonyl (C=O) groups is 1. The second-order valence-electron chi connectivity index (χ2n) is 3.97. The molecule has 17 heavy (non-hydrogen) atoms. The van der Waals surface area contributed by atoms with Crippen molar-refractivity contribution >= 4 is 17.5 Å². The zero-order valence-corrected chi connectivity index (χ0v) is 9.93. The van der Waals surface area contributed by atoms with Gasteiger partial charge in [-0.25, -0.2) is 4.79 Å². The molecule has 1 fully saturated rings. The summed E-state index contributed by atoms with van der Waals surface area (Å²) in [6.07, 6.45) is 0. The molecule has 1 aliphatic rings. The lowest BCUT2D eigenvalue weighted by Gasteiger charge is -2.24. The van der Waals surface area contributed by atoms with Gasteiger partial charge < -0.3 is 9.64 Å². The van der Waals surface area contributed by atoms with E-state index in [0.717, 1.165) is 5.69 Å². The van der Waals surface area contributed by atoms with Gasteiger partial charge in [-0.1, -0.05) is 17.7 Å². The molecule has 5 heteroatoms. The first-order valence-corrected chi connectivity index (χ1v) is 5.45. The number of nitrogens with zero attached hydrogens (tertiary/aromatic N) is 2. The van der Waals surface area contributed by atoms with Crippen molar-refractivity contribution in [3.63, 3.8) is 0 Å². The molecule has 0 unspecified atom stereocenters. The summed E-state index contributed by atoms with van der Waals surface area (Å²) in [6, 6.07) is 7.78. The predicted molar refractivity (Wildman–Crippen MR) is 65.8 cm³/mol. The summed E-state index contributed by atoms with van der Waals surface area (Å²) in [5.41, 5.74) is 4.87. The molecule has 0 amide bonds. The van der Waals surface area contributed by atoms with Crippen LogP contribution in [-0.4, -0.2) is 36.9 Å². The molecule has 0 radical (unpaired) electrons. The second-order valence-corrected chi connectivity index (χ2v) is 3.97. The fourth-order valence-electron chi connectivity index (χ4n) is 1.48. The van der Waals surface area contributed by atoms with Crippen molar-refractivity contribution in [3.05, 3.63) is 29.8 Å². The highest BCUT2D eigenvalue weighted by molar-refractivity contribution is 6.35. The number of esters is 1. The number of anilines is 1. The molecule has 1 heterocycles. The molecule has 0 saturated carbocycles. The Bertz CT molecular complexity index is 440. The minimum absolute atomic E-state index is 0.303. The molecule has 0 atom stereocenters. The molecule has 0 spiro atoms. The van der Waals surface area contributed by atoms with E-state index in [2.05, 4.69) is 10.5 Å². The number of amidine groups is 1. The summed E-state index contributed by atoms with van der Waals surface area (Å²) in [4.78, 5) is 13.2. The zero-order chi connectivity index (χ0) is 12.3. The van der Waals surface area contributed by atoms with Gasteiger partial charge in [0.05, 0.1) is 12.2 Å². The third-order valence-corrected chi connectivity index (χ3v) is 2.55. The van der Waals surface area contributed by atoms with Gasteiger partial charge in [0.15, 0.2) is 0 Å². The Morgan fingerprint density at radius 1 is 1.35 bits per heavy atom. The van der Waals surface area contributed by atoms with Crippen LogP contribution in [0.2, 0.25) is 0 Å². The highest BCUT2D eigenvalue weighted by Crippen LogP contribution is 2.09. The fraction of sp³-hybridized carbons (Fsp3) is 0.333. The maximum atomic E-state index is 11.4. The summed E-state index contributed by atoms with van der Waals surface area (Å²) < 4.78 is 4.92. The molecule has 1 saturated heterocycles. The van der Waals surface area contributed by atoms with Crippen molar-refractivity contribution in [1.29, 1.82) is 0 Å². The number of hydrogen-bond donors (Lipinski definition) is 1. The minimum atomic E-state index is -0.390. The van der Waals surface area contributed by atoms with Crippen LogP contribution in [0.1, 0.15) is 5.56 Å². The van der Waals surface area contributed by atoms with Crippen LogP contribution >= 0.6 is 0 Å². The topological polar surface area (TPSA) is 53.9 Å². The monoisotopic (exact) mass is 233 g/mol. The summed E-state index contributed by atoms with van der Waals surface area (Å²) in [6.45, 7) is 3.10. The lowest BCUT2D eigenvalue weighted by Crippen LogP contribution is -2.43. The van der Waals surface area contributed by atoms with Gasteiger partial charge in [-0.3, -0.25) is 5.43 Å². The van der Waals surface area contributed by atoms with E-state index in [4.69, 9.17) is 4.74 Å². The van der Waals surface area contributed by atoms with E-state index in [1.807, 2.05) is 38.2 Å². The number of ether oxygens (including phenoxy) is 1. The second kappa shape index (κ2) is 4.86. The van der Waals surface area contributed by atoms with Crippen LogP contribution in [-0.2, 0) is 9.53 Å². The maximum Gasteiger partial charge on any atom is 0.376 e. The van der Waals surface area contributed by atoms with E-state index in [1.54, 1.807) is 4.90 Å². The molecular weight excluding hydrogens is 218 g/mol. The van der Waals surface area contributed by atoms with Gasteiger partial charge in [-0.2, -0.15) is 0 Å². The molecule has 0 bridgehead atoms. The van der Waals surface area contributed by atoms with Crippen molar-refractivity contribution < 1.29 is 9.53 Å². The largest absolute Gasteiger partial charge is 0.458 e. The third kappa shape index (κ3) is 2.75. The standard InChI is InChI=1S/C12H15N3O2/c1-9-3-5-10(6-4-9)13-14-11-12(16)17-8-7-15(11)2/h3-6,13H,7-8H2,1-2H3/b14-11+. The molecule has 1 N–H and O–H groups in total. The fourth-order valence-corrected chi connectivity index (χ4v) is 1.48. The molecule has 2 rings (SSSR count). The first-order valence-electron chi connectivity index (χ1n) is 5.45. The Balaban J connectivity index is 2.08. The van der Waals surface area contributed by atoms with E-state index in [-0.39, 0.29) is 0 Å². The van der Waals surface area contributed by atoms with Crippen molar-refractivity contribution in [1.82, 2.24) is 4.90 Å². The van der Waals surface area contributed by atoms with Gasteiger partial charge in [0.1, 0.15) is 6.61 Å². The number of benzene rings is 1. The molecule has 90 valence electrons. The van der Waals surface area contributed by atoms with Crippen LogP contribution in [0.15, 0.2) is 29.4 Å². The third-order valence-electron chi connectivity index (χ3n) is 2.55. The SMILES string of the molecule is Cc1ccc(N/N=C2\C(=O)OCCN2C)cc1. The molecule has 1 aliphatic heterocycles. The van der Waals surface area contributed by atoms with Crippen molar-refractivity contribution in [2.45, 2.75) is 6.92 Å². The normalized spacial score (nSPS) is 18.1. The number of hydrogen-bond acceptors (Lipinski definition) is 4. The summed E-state index contributed by atoms with van der Waals surface area (Å²) in [5.74, 6) is -0.0878. The zero-order valence-electron chi connectivity index (χ0n) is 9.93. The lowest BCUT2D eigenvalue weighted by atomic mass is 10.2. The Hall–Kier alpha value is -2.04. The number of likely N-dealkylation sites (N-methyl/N-ethyl adjacent to an activating group) is 1. The first-order chi connectivity index (χ1) is 8.16. The molecular formula is C12H15N3O2. The molecule has 1 aromatic rings. The number of aryl methyl sites for hydroxylation is 1. The Labute approximate surface area is 100 Å². The van der Waals surface area contributed by atoms with Gasteiger partial charge in [0.2, 0.25) is 5.84 Å². The number of carbonyl (C=O) groups excluding carboxylic acids is 1. The van der Waals surface area contributed by atoms with E-state index in [0.29, 0.717) is 19.0 Å². The Morgan fingerprint density at radius 3 is 2.71 bits per heavy atom. The van der Waals surface area contributed by atoms with Crippen molar-refractivity contribution in [2.75, 3.05) is 25.6 Å². The number of morpholine rings is 1. The number of cyclic esters (lactones) is 1. The van der Waals surface area contributed by atoms with Gasteiger partial charge in [0, 0.05) is 7.05 Å². The lowest BCUT2D eigenvalue weighted by molar-refractivity contribution is -0.138. The van der Waals surface area contributed by atoms with Gasteiger partial charge in [-0.05, 0) is 19.1 Å². The number of nitrogens with one attached hydrogen (secondary N) is 1. The van der Waals surface area contributed by atoms with Crippen molar-refractivity contribution in [3.8, 4) is 0 Å². The van der Waals surface area contributed by atoms with Gasteiger partial charge in [-0.15, -0.1) is 5.10 Å². The summed E-state index contributed by atoms with van der Waals surface area (Å²) in [5, 5.41) is 4.06. The summed E-state index contributed by atoms with van der Waals surface area (Å²) in [7, 11) is 1.82. The van der Waals surface area contributed by atoms with Crippen molar-refractivity contribution in [2.24, 2.45) is 5.10 Å². The maximum absolute atomic E-state index is 11.4. The van der Waals surface area contributed by atoms with Crippen LogP contribution in [0, 0.1) is 6.92 Å². The smallest absolute Gasteiger partial charge is 0.376 e. The summed E-state index contributed by atoms with van der Waals surface area (Å²) >= 11 is 0. The van der Waals surface area contributed by atoms with E-state index >= 15 is 0 Å². The minimum Gasteiger partial charge on any atom is -0.458 e. The highest BCUT2D eigenvalue weighted by atomic mass is 16.5. The van der Waals surface area contributed by atoms with Gasteiger partial charge >= 0.3 is 5.97 Å². The van der Waals surface area contributed by atoms with Crippen LogP contribution in [0.5, 0.6) is 0 Å². The van der Waals surface area contributed by atoms with Crippen LogP contribution < -0.4 is 5.43 Å². The molecule has 0 aliphatic carbocycles. The average Bonchev–Trinajstić information content (AvgIpc) is 2.31. The van der Waals surface area contributed by atoms with Gasteiger partial charge in [0.25, 0.3) is 0 Å². The van der Waals surface area contributed by atoms with Crippen LogP contribution in [0.3, 0.4) is 0 Å². The van der Waals surface area contributed by atoms with E-state index in [9.17, 15) is 4.79 Å². The molecule has 1 aromatic carbocycles. The highest BCUT2D eigenvalue weighted by Gasteiger charge is 2.23. The Kier molecular flexibility index (Phi) is 3.27. The van der Waals surface area contributed by atoms with Crippen LogP contribution in [0.4, 0.5) is 5.69 Å².